The lowest BCUT2D eigenvalue weighted by Gasteiger charge is -2.34. The monoisotopic (exact) mass is 397 g/mol. The lowest BCUT2D eigenvalue weighted by Crippen LogP contribution is -2.49. The average Bonchev–Trinajstić information content (AvgIpc) is 2.71. The summed E-state index contributed by atoms with van der Waals surface area (Å²) in [5, 5.41) is 3.15. The second-order valence-electron chi connectivity index (χ2n) is 6.70. The minimum atomic E-state index is -0.341. The van der Waals surface area contributed by atoms with Gasteiger partial charge in [-0.15, -0.1) is 0 Å². The highest BCUT2D eigenvalue weighted by molar-refractivity contribution is 6.33. The number of benzene rings is 2. The van der Waals surface area contributed by atoms with Crippen molar-refractivity contribution in [2.45, 2.75) is 6.42 Å². The van der Waals surface area contributed by atoms with Crippen LogP contribution in [0.2, 0.25) is 5.02 Å². The van der Waals surface area contributed by atoms with Gasteiger partial charge in [-0.2, -0.15) is 0 Å². The largest absolute Gasteiger partial charge is 0.340 e. The Balaban J connectivity index is 1.40. The van der Waals surface area contributed by atoms with Crippen LogP contribution in [0.3, 0.4) is 0 Å². The maximum atomic E-state index is 12.4. The minimum Gasteiger partial charge on any atom is -0.340 e. The highest BCUT2D eigenvalue weighted by Gasteiger charge is 2.22. The third kappa shape index (κ3) is 5.94. The molecule has 1 heterocycles. The van der Waals surface area contributed by atoms with E-state index in [1.165, 1.54) is 5.56 Å². The van der Waals surface area contributed by atoms with Crippen molar-refractivity contribution in [2.75, 3.05) is 38.0 Å². The number of nitrogens with zero attached hydrogens (tertiary/aromatic N) is 2. The first kappa shape index (κ1) is 20.1. The summed E-state index contributed by atoms with van der Waals surface area (Å²) in [4.78, 5) is 28.6. The second kappa shape index (κ2) is 10.1. The first-order chi connectivity index (χ1) is 13.6. The number of hydrogen-bond acceptors (Lipinski definition) is 3. The van der Waals surface area contributed by atoms with Gasteiger partial charge in [-0.05, 0) is 17.7 Å². The fraction of sp³-hybridized carbons (Fsp3) is 0.273. The molecule has 2 aromatic rings. The van der Waals surface area contributed by atoms with Crippen LogP contribution in [0, 0.1) is 0 Å². The van der Waals surface area contributed by atoms with Gasteiger partial charge in [0.25, 0.3) is 0 Å². The normalized spacial score (nSPS) is 15.0. The van der Waals surface area contributed by atoms with Crippen LogP contribution in [0.4, 0.5) is 5.69 Å². The van der Waals surface area contributed by atoms with E-state index in [1.54, 1.807) is 29.2 Å². The zero-order chi connectivity index (χ0) is 19.8. The lowest BCUT2D eigenvalue weighted by atomic mass is 10.2. The molecule has 0 atom stereocenters. The molecule has 6 heteroatoms. The van der Waals surface area contributed by atoms with E-state index in [9.17, 15) is 9.59 Å². The fourth-order valence-corrected chi connectivity index (χ4v) is 3.27. The van der Waals surface area contributed by atoms with E-state index in [0.717, 1.165) is 19.6 Å². The molecule has 0 spiro atoms. The molecular formula is C22H24ClN3O2. The quantitative estimate of drug-likeness (QED) is 0.759. The Morgan fingerprint density at radius 3 is 2.36 bits per heavy atom. The van der Waals surface area contributed by atoms with Gasteiger partial charge in [0.15, 0.2) is 0 Å². The van der Waals surface area contributed by atoms with Gasteiger partial charge in [-0.1, -0.05) is 66.2 Å². The first-order valence-electron chi connectivity index (χ1n) is 9.38. The standard InChI is InChI=1S/C22H24ClN3O2/c23-19-10-4-5-11-20(19)24-21(27)17-22(28)26-15-13-25(14-16-26)12-6-9-18-7-2-1-3-8-18/h1-11H,12-17H2,(H,24,27)/b9-6+. The van der Waals surface area contributed by atoms with Gasteiger partial charge in [0, 0.05) is 32.7 Å². The average molecular weight is 398 g/mol. The summed E-state index contributed by atoms with van der Waals surface area (Å²) in [5.74, 6) is -0.490. The van der Waals surface area contributed by atoms with Crippen molar-refractivity contribution < 1.29 is 9.59 Å². The van der Waals surface area contributed by atoms with Crippen molar-refractivity contribution in [3.8, 4) is 0 Å². The highest BCUT2D eigenvalue weighted by Crippen LogP contribution is 2.20. The van der Waals surface area contributed by atoms with Gasteiger partial charge in [0.1, 0.15) is 6.42 Å². The van der Waals surface area contributed by atoms with E-state index in [4.69, 9.17) is 11.6 Å². The number of amides is 2. The van der Waals surface area contributed by atoms with E-state index in [2.05, 4.69) is 34.5 Å². The predicted molar refractivity (Wildman–Crippen MR) is 113 cm³/mol. The van der Waals surface area contributed by atoms with E-state index < -0.39 is 0 Å². The van der Waals surface area contributed by atoms with Gasteiger partial charge in [-0.3, -0.25) is 14.5 Å². The maximum absolute atomic E-state index is 12.4. The third-order valence-electron chi connectivity index (χ3n) is 4.66. The van der Waals surface area contributed by atoms with Crippen LogP contribution >= 0.6 is 11.6 Å². The topological polar surface area (TPSA) is 52.7 Å². The molecule has 0 bridgehead atoms. The highest BCUT2D eigenvalue weighted by atomic mass is 35.5. The summed E-state index contributed by atoms with van der Waals surface area (Å²) < 4.78 is 0. The van der Waals surface area contributed by atoms with Crippen LogP contribution in [-0.4, -0.2) is 54.3 Å². The number of anilines is 1. The zero-order valence-corrected chi connectivity index (χ0v) is 16.4. The van der Waals surface area contributed by atoms with E-state index in [-0.39, 0.29) is 18.2 Å². The Morgan fingerprint density at radius 2 is 1.64 bits per heavy atom. The molecule has 1 saturated heterocycles. The number of rotatable bonds is 6. The van der Waals surface area contributed by atoms with Gasteiger partial charge < -0.3 is 10.2 Å². The molecule has 0 saturated carbocycles. The molecule has 146 valence electrons. The molecule has 1 N–H and O–H groups in total. The molecular weight excluding hydrogens is 374 g/mol. The van der Waals surface area contributed by atoms with Gasteiger partial charge in [0.2, 0.25) is 11.8 Å². The summed E-state index contributed by atoms with van der Waals surface area (Å²) in [6.07, 6.45) is 4.08. The Labute approximate surface area is 170 Å². The Morgan fingerprint density at radius 1 is 0.964 bits per heavy atom. The molecule has 0 aromatic heterocycles. The van der Waals surface area contributed by atoms with Crippen LogP contribution in [0.5, 0.6) is 0 Å². The Bertz CT molecular complexity index is 831. The SMILES string of the molecule is O=C(CC(=O)N1CCN(C/C=C/c2ccccc2)CC1)Nc1ccccc1Cl. The lowest BCUT2D eigenvalue weighted by molar-refractivity contribution is -0.136. The van der Waals surface area contributed by atoms with E-state index >= 15 is 0 Å². The summed E-state index contributed by atoms with van der Waals surface area (Å²) in [7, 11) is 0. The van der Waals surface area contributed by atoms with Crippen LogP contribution in [-0.2, 0) is 9.59 Å². The van der Waals surface area contributed by atoms with Crippen molar-refractivity contribution in [3.63, 3.8) is 0 Å². The number of carbonyl (C=O) groups is 2. The summed E-state index contributed by atoms with van der Waals surface area (Å²) in [6, 6.07) is 17.2. The second-order valence-corrected chi connectivity index (χ2v) is 7.11. The molecule has 2 amide bonds. The summed E-state index contributed by atoms with van der Waals surface area (Å²) in [6.45, 7) is 3.73. The maximum Gasteiger partial charge on any atom is 0.233 e. The molecule has 1 aliphatic rings. The zero-order valence-electron chi connectivity index (χ0n) is 15.7. The molecule has 1 aliphatic heterocycles. The minimum absolute atomic E-state index is 0.149. The molecule has 3 rings (SSSR count). The molecule has 0 radical (unpaired) electrons. The molecule has 0 aliphatic carbocycles. The van der Waals surface area contributed by atoms with E-state index in [0.29, 0.717) is 23.8 Å². The van der Waals surface area contributed by atoms with Crippen molar-refractivity contribution in [3.05, 3.63) is 71.3 Å². The number of nitrogens with one attached hydrogen (secondary N) is 1. The summed E-state index contributed by atoms with van der Waals surface area (Å²) >= 11 is 6.03. The predicted octanol–water partition coefficient (Wildman–Crippen LogP) is 3.53. The number of carbonyl (C=O) groups excluding carboxylic acids is 2. The van der Waals surface area contributed by atoms with Crippen molar-refractivity contribution in [1.29, 1.82) is 0 Å². The first-order valence-corrected chi connectivity index (χ1v) is 9.76. The van der Waals surface area contributed by atoms with Gasteiger partial charge in [0.05, 0.1) is 10.7 Å². The molecule has 2 aromatic carbocycles. The van der Waals surface area contributed by atoms with Crippen LogP contribution in [0.25, 0.3) is 6.08 Å². The molecule has 0 unspecified atom stereocenters. The smallest absolute Gasteiger partial charge is 0.233 e. The molecule has 5 nitrogen and oxygen atoms in total. The van der Waals surface area contributed by atoms with Crippen LogP contribution in [0.1, 0.15) is 12.0 Å². The number of hydrogen-bond donors (Lipinski definition) is 1. The fourth-order valence-electron chi connectivity index (χ4n) is 3.09. The third-order valence-corrected chi connectivity index (χ3v) is 4.99. The Hall–Kier alpha value is -2.63. The van der Waals surface area contributed by atoms with Gasteiger partial charge >= 0.3 is 0 Å². The summed E-state index contributed by atoms with van der Waals surface area (Å²) in [5.41, 5.74) is 1.71. The van der Waals surface area contributed by atoms with Crippen LogP contribution < -0.4 is 5.32 Å². The number of halogens is 1. The van der Waals surface area contributed by atoms with E-state index in [1.807, 2.05) is 18.2 Å². The molecule has 1 fully saturated rings. The van der Waals surface area contributed by atoms with Crippen LogP contribution in [0.15, 0.2) is 60.7 Å². The van der Waals surface area contributed by atoms with Crippen molar-refractivity contribution in [2.24, 2.45) is 0 Å². The Kier molecular flexibility index (Phi) is 7.23. The molecule has 28 heavy (non-hydrogen) atoms. The number of para-hydroxylation sites is 1. The van der Waals surface area contributed by atoms with Crippen molar-refractivity contribution >= 4 is 35.2 Å². The van der Waals surface area contributed by atoms with Crippen molar-refractivity contribution in [1.82, 2.24) is 9.80 Å². The number of piperazine rings is 1. The van der Waals surface area contributed by atoms with Gasteiger partial charge in [-0.25, -0.2) is 0 Å².